The fraction of sp³-hybridized carbons (Fsp3) is 0.400. The molecule has 0 radical (unpaired) electrons. The lowest BCUT2D eigenvalue weighted by molar-refractivity contribution is 0.318. The molecule has 2 rings (SSSR count). The SMILES string of the molecule is Cn1c(SC/C(N)=N\O)nnc1-c1ccc(C(C)(C)C)cc1. The van der Waals surface area contributed by atoms with Crippen LogP contribution in [-0.4, -0.2) is 31.6 Å². The van der Waals surface area contributed by atoms with Crippen molar-refractivity contribution in [1.29, 1.82) is 0 Å². The first kappa shape index (κ1) is 16.4. The van der Waals surface area contributed by atoms with Crippen LogP contribution in [0.1, 0.15) is 26.3 Å². The van der Waals surface area contributed by atoms with Gasteiger partial charge in [0.25, 0.3) is 0 Å². The molecule has 22 heavy (non-hydrogen) atoms. The van der Waals surface area contributed by atoms with Gasteiger partial charge >= 0.3 is 0 Å². The average Bonchev–Trinajstić information content (AvgIpc) is 2.85. The zero-order valence-electron chi connectivity index (χ0n) is 13.2. The number of thioether (sulfide) groups is 1. The lowest BCUT2D eigenvalue weighted by atomic mass is 9.87. The van der Waals surface area contributed by atoms with Crippen molar-refractivity contribution >= 4 is 17.6 Å². The summed E-state index contributed by atoms with van der Waals surface area (Å²) < 4.78 is 1.90. The molecule has 6 nitrogen and oxygen atoms in total. The predicted molar refractivity (Wildman–Crippen MR) is 89.3 cm³/mol. The molecule has 0 amide bonds. The van der Waals surface area contributed by atoms with Gasteiger partial charge in [-0.05, 0) is 11.0 Å². The van der Waals surface area contributed by atoms with Gasteiger partial charge in [0.2, 0.25) is 0 Å². The summed E-state index contributed by atoms with van der Waals surface area (Å²) >= 11 is 1.38. The van der Waals surface area contributed by atoms with E-state index in [4.69, 9.17) is 10.9 Å². The third-order valence-corrected chi connectivity index (χ3v) is 4.38. The van der Waals surface area contributed by atoms with E-state index in [1.165, 1.54) is 17.3 Å². The minimum absolute atomic E-state index is 0.126. The second-order valence-electron chi connectivity index (χ2n) is 6.07. The number of amidine groups is 1. The second-order valence-corrected chi connectivity index (χ2v) is 7.02. The molecule has 0 saturated carbocycles. The predicted octanol–water partition coefficient (Wildman–Crippen LogP) is 2.62. The van der Waals surface area contributed by atoms with Gasteiger partial charge in [-0.1, -0.05) is 62.0 Å². The van der Waals surface area contributed by atoms with Crippen LogP contribution in [0.15, 0.2) is 34.6 Å². The first-order valence-electron chi connectivity index (χ1n) is 6.92. The number of aromatic nitrogens is 3. The van der Waals surface area contributed by atoms with E-state index >= 15 is 0 Å². The van der Waals surface area contributed by atoms with Crippen LogP contribution < -0.4 is 5.73 Å². The van der Waals surface area contributed by atoms with Crippen molar-refractivity contribution in [2.45, 2.75) is 31.3 Å². The van der Waals surface area contributed by atoms with E-state index in [2.05, 4.69) is 60.4 Å². The monoisotopic (exact) mass is 319 g/mol. The Kier molecular flexibility index (Phi) is 4.75. The van der Waals surface area contributed by atoms with E-state index in [-0.39, 0.29) is 11.3 Å². The van der Waals surface area contributed by atoms with E-state index in [0.717, 1.165) is 16.5 Å². The Hall–Kier alpha value is -2.02. The first-order chi connectivity index (χ1) is 10.3. The fourth-order valence-electron chi connectivity index (χ4n) is 1.98. The van der Waals surface area contributed by atoms with Crippen LogP contribution in [0.3, 0.4) is 0 Å². The molecule has 2 aromatic rings. The first-order valence-corrected chi connectivity index (χ1v) is 7.91. The minimum atomic E-state index is 0.126. The van der Waals surface area contributed by atoms with Gasteiger partial charge in [-0.3, -0.25) is 0 Å². The third kappa shape index (κ3) is 3.59. The Morgan fingerprint density at radius 1 is 1.27 bits per heavy atom. The highest BCUT2D eigenvalue weighted by molar-refractivity contribution is 7.99. The third-order valence-electron chi connectivity index (χ3n) is 3.32. The molecule has 0 unspecified atom stereocenters. The van der Waals surface area contributed by atoms with Gasteiger partial charge in [0, 0.05) is 12.6 Å². The molecule has 0 aliphatic rings. The maximum atomic E-state index is 8.56. The summed E-state index contributed by atoms with van der Waals surface area (Å²) in [5, 5.41) is 20.6. The highest BCUT2D eigenvalue weighted by Gasteiger charge is 2.15. The van der Waals surface area contributed by atoms with Crippen LogP contribution in [0.4, 0.5) is 0 Å². The molecule has 0 aliphatic heterocycles. The number of hydrogen-bond donors (Lipinski definition) is 2. The topological polar surface area (TPSA) is 89.3 Å². The molecule has 0 fully saturated rings. The van der Waals surface area contributed by atoms with Crippen molar-refractivity contribution in [2.75, 3.05) is 5.75 Å². The second kappa shape index (κ2) is 6.39. The molecular formula is C15H21N5OS. The maximum absolute atomic E-state index is 8.56. The van der Waals surface area contributed by atoms with Gasteiger partial charge in [-0.25, -0.2) is 0 Å². The van der Waals surface area contributed by atoms with Crippen LogP contribution in [0.2, 0.25) is 0 Å². The standard InChI is InChI=1S/C15H21N5OS/c1-15(2,3)11-7-5-10(6-8-11)13-17-18-14(20(13)4)22-9-12(16)19-21/h5-8,21H,9H2,1-4H3,(H2,16,19). The fourth-order valence-corrected chi connectivity index (χ4v) is 2.69. The van der Waals surface area contributed by atoms with Crippen LogP contribution >= 0.6 is 11.8 Å². The maximum Gasteiger partial charge on any atom is 0.191 e. The van der Waals surface area contributed by atoms with E-state index in [1.54, 1.807) is 0 Å². The highest BCUT2D eigenvalue weighted by atomic mass is 32.2. The van der Waals surface area contributed by atoms with Crippen molar-refractivity contribution in [3.8, 4) is 11.4 Å². The number of oxime groups is 1. The lowest BCUT2D eigenvalue weighted by Crippen LogP contribution is -2.14. The zero-order valence-corrected chi connectivity index (χ0v) is 14.1. The molecule has 0 atom stereocenters. The number of benzene rings is 1. The molecule has 7 heteroatoms. The van der Waals surface area contributed by atoms with E-state index in [1.807, 2.05) is 11.6 Å². The molecular weight excluding hydrogens is 298 g/mol. The van der Waals surface area contributed by atoms with Gasteiger partial charge < -0.3 is 15.5 Å². The van der Waals surface area contributed by atoms with Gasteiger partial charge in [-0.15, -0.1) is 10.2 Å². The Morgan fingerprint density at radius 2 is 1.91 bits per heavy atom. The molecule has 1 heterocycles. The molecule has 0 bridgehead atoms. The summed E-state index contributed by atoms with van der Waals surface area (Å²) in [7, 11) is 1.90. The van der Waals surface area contributed by atoms with Crippen molar-refractivity contribution < 1.29 is 5.21 Å². The molecule has 118 valence electrons. The highest BCUT2D eigenvalue weighted by Crippen LogP contribution is 2.26. The lowest BCUT2D eigenvalue weighted by Gasteiger charge is -2.19. The summed E-state index contributed by atoms with van der Waals surface area (Å²) in [6, 6.07) is 8.35. The Morgan fingerprint density at radius 3 is 2.45 bits per heavy atom. The summed E-state index contributed by atoms with van der Waals surface area (Å²) in [4.78, 5) is 0. The van der Waals surface area contributed by atoms with Gasteiger partial charge in [0.1, 0.15) is 5.84 Å². The van der Waals surface area contributed by atoms with Crippen LogP contribution in [0, 0.1) is 0 Å². The number of rotatable bonds is 4. The average molecular weight is 319 g/mol. The van der Waals surface area contributed by atoms with Crippen molar-refractivity contribution in [2.24, 2.45) is 17.9 Å². The van der Waals surface area contributed by atoms with E-state index < -0.39 is 0 Å². The normalized spacial score (nSPS) is 12.6. The quantitative estimate of drug-likeness (QED) is 0.297. The summed E-state index contributed by atoms with van der Waals surface area (Å²) in [6.45, 7) is 6.56. The zero-order chi connectivity index (χ0) is 16.3. The molecule has 3 N–H and O–H groups in total. The largest absolute Gasteiger partial charge is 0.409 e. The van der Waals surface area contributed by atoms with Crippen LogP contribution in [0.25, 0.3) is 11.4 Å². The minimum Gasteiger partial charge on any atom is -0.409 e. The van der Waals surface area contributed by atoms with Gasteiger partial charge in [-0.2, -0.15) is 0 Å². The number of nitrogens with two attached hydrogens (primary N) is 1. The molecule has 0 aliphatic carbocycles. The summed E-state index contributed by atoms with van der Waals surface area (Å²) in [6.07, 6.45) is 0. The van der Waals surface area contributed by atoms with Crippen molar-refractivity contribution in [1.82, 2.24) is 14.8 Å². The Bertz CT molecular complexity index is 670. The molecule has 1 aromatic heterocycles. The number of nitrogens with zero attached hydrogens (tertiary/aromatic N) is 4. The molecule has 0 spiro atoms. The summed E-state index contributed by atoms with van der Waals surface area (Å²) in [5.41, 5.74) is 7.88. The Balaban J connectivity index is 2.21. The van der Waals surface area contributed by atoms with Crippen molar-refractivity contribution in [3.05, 3.63) is 29.8 Å². The van der Waals surface area contributed by atoms with Crippen LogP contribution in [0.5, 0.6) is 0 Å². The van der Waals surface area contributed by atoms with Gasteiger partial charge in [0.05, 0.1) is 5.75 Å². The Labute approximate surface area is 134 Å². The smallest absolute Gasteiger partial charge is 0.191 e. The summed E-state index contributed by atoms with van der Waals surface area (Å²) in [5.74, 6) is 1.32. The molecule has 1 aromatic carbocycles. The van der Waals surface area contributed by atoms with Gasteiger partial charge in [0.15, 0.2) is 11.0 Å². The van der Waals surface area contributed by atoms with Crippen LogP contribution in [-0.2, 0) is 12.5 Å². The molecule has 0 saturated heterocycles. The van der Waals surface area contributed by atoms with E-state index in [9.17, 15) is 0 Å². The van der Waals surface area contributed by atoms with E-state index in [0.29, 0.717) is 5.75 Å². The van der Waals surface area contributed by atoms with Crippen molar-refractivity contribution in [3.63, 3.8) is 0 Å². The number of hydrogen-bond acceptors (Lipinski definition) is 5.